The van der Waals surface area contributed by atoms with E-state index in [-0.39, 0.29) is 5.91 Å². The Morgan fingerprint density at radius 1 is 1.11 bits per heavy atom. The number of anilines is 1. The summed E-state index contributed by atoms with van der Waals surface area (Å²) in [5.74, 6) is 1.80. The molecule has 0 unspecified atom stereocenters. The topological polar surface area (TPSA) is 51.1 Å². The summed E-state index contributed by atoms with van der Waals surface area (Å²) in [6.45, 7) is 6.81. The Morgan fingerprint density at radius 3 is 2.54 bits per heavy atom. The molecule has 5 heteroatoms. The molecule has 0 saturated heterocycles. The van der Waals surface area contributed by atoms with Gasteiger partial charge in [0.2, 0.25) is 0 Å². The number of hydrogen-bond acceptors (Lipinski definition) is 4. The van der Waals surface area contributed by atoms with Crippen LogP contribution in [0.2, 0.25) is 0 Å². The SMILES string of the molecule is COc1cc(/C=C2/C(=O)N(c3ccccc3)N=C2C)ccc1OCCC(C)C. The molecule has 0 aromatic heterocycles. The highest BCUT2D eigenvalue weighted by atomic mass is 16.5. The van der Waals surface area contributed by atoms with Gasteiger partial charge >= 0.3 is 0 Å². The second kappa shape index (κ2) is 8.74. The summed E-state index contributed by atoms with van der Waals surface area (Å²) in [4.78, 5) is 12.8. The molecule has 28 heavy (non-hydrogen) atoms. The number of ether oxygens (including phenoxy) is 2. The van der Waals surface area contributed by atoms with Crippen LogP contribution in [0.4, 0.5) is 5.69 Å². The Hall–Kier alpha value is -3.08. The van der Waals surface area contributed by atoms with Crippen LogP contribution in [0.1, 0.15) is 32.8 Å². The standard InChI is InChI=1S/C23H26N2O3/c1-16(2)12-13-28-21-11-10-18(15-22(21)27-4)14-20-17(3)24-25(23(20)26)19-8-6-5-7-9-19/h5-11,14-16H,12-13H2,1-4H3/b20-14+. The second-order valence-electron chi connectivity index (χ2n) is 7.14. The minimum absolute atomic E-state index is 0.139. The predicted molar refractivity (Wildman–Crippen MR) is 113 cm³/mol. The van der Waals surface area contributed by atoms with Crippen molar-refractivity contribution in [2.45, 2.75) is 27.2 Å². The first-order chi connectivity index (χ1) is 13.5. The van der Waals surface area contributed by atoms with E-state index in [0.717, 1.165) is 17.7 Å². The highest BCUT2D eigenvalue weighted by Gasteiger charge is 2.28. The third kappa shape index (κ3) is 4.42. The van der Waals surface area contributed by atoms with Crippen LogP contribution in [0.15, 0.2) is 59.2 Å². The van der Waals surface area contributed by atoms with E-state index < -0.39 is 0 Å². The zero-order valence-corrected chi connectivity index (χ0v) is 16.8. The maximum absolute atomic E-state index is 12.8. The van der Waals surface area contributed by atoms with Gasteiger partial charge in [0.05, 0.1) is 30.7 Å². The number of methoxy groups -OCH3 is 1. The smallest absolute Gasteiger partial charge is 0.280 e. The zero-order valence-electron chi connectivity index (χ0n) is 16.8. The molecule has 0 fully saturated rings. The number of benzene rings is 2. The van der Waals surface area contributed by atoms with Crippen molar-refractivity contribution in [2.75, 3.05) is 18.7 Å². The van der Waals surface area contributed by atoms with Crippen LogP contribution in [0, 0.1) is 5.92 Å². The number of amides is 1. The maximum atomic E-state index is 12.8. The molecule has 1 aliphatic heterocycles. The average Bonchev–Trinajstić information content (AvgIpc) is 2.97. The predicted octanol–water partition coefficient (Wildman–Crippen LogP) is 4.93. The van der Waals surface area contributed by atoms with E-state index in [0.29, 0.717) is 35.3 Å². The summed E-state index contributed by atoms with van der Waals surface area (Å²) in [6, 6.07) is 15.1. The number of para-hydroxylation sites is 1. The van der Waals surface area contributed by atoms with Crippen LogP contribution in [-0.2, 0) is 4.79 Å². The number of carbonyl (C=O) groups excluding carboxylic acids is 1. The Labute approximate surface area is 166 Å². The summed E-state index contributed by atoms with van der Waals surface area (Å²) in [6.07, 6.45) is 2.82. The van der Waals surface area contributed by atoms with E-state index in [9.17, 15) is 4.79 Å². The minimum Gasteiger partial charge on any atom is -0.493 e. The van der Waals surface area contributed by atoms with E-state index in [1.165, 1.54) is 5.01 Å². The molecule has 5 nitrogen and oxygen atoms in total. The lowest BCUT2D eigenvalue weighted by atomic mass is 10.1. The number of rotatable bonds is 7. The number of carbonyl (C=O) groups is 1. The van der Waals surface area contributed by atoms with Gasteiger partial charge in [-0.15, -0.1) is 0 Å². The Bertz CT molecular complexity index is 901. The van der Waals surface area contributed by atoms with Gasteiger partial charge in [0, 0.05) is 0 Å². The van der Waals surface area contributed by atoms with Crippen molar-refractivity contribution in [2.24, 2.45) is 11.0 Å². The Kier molecular flexibility index (Phi) is 6.14. The molecule has 1 amide bonds. The fourth-order valence-electron chi connectivity index (χ4n) is 2.89. The van der Waals surface area contributed by atoms with Crippen LogP contribution in [0.3, 0.4) is 0 Å². The van der Waals surface area contributed by atoms with E-state index in [1.807, 2.05) is 61.5 Å². The van der Waals surface area contributed by atoms with Crippen LogP contribution in [-0.4, -0.2) is 25.3 Å². The lowest BCUT2D eigenvalue weighted by Gasteiger charge is -2.13. The number of hydrogen-bond donors (Lipinski definition) is 0. The molecule has 0 saturated carbocycles. The van der Waals surface area contributed by atoms with Crippen molar-refractivity contribution < 1.29 is 14.3 Å². The first-order valence-electron chi connectivity index (χ1n) is 9.47. The van der Waals surface area contributed by atoms with E-state index in [4.69, 9.17) is 9.47 Å². The summed E-state index contributed by atoms with van der Waals surface area (Å²) in [7, 11) is 1.62. The molecular weight excluding hydrogens is 352 g/mol. The maximum Gasteiger partial charge on any atom is 0.280 e. The zero-order chi connectivity index (χ0) is 20.1. The Morgan fingerprint density at radius 2 is 1.86 bits per heavy atom. The molecule has 1 aliphatic rings. The molecule has 0 atom stereocenters. The number of nitrogens with zero attached hydrogens (tertiary/aromatic N) is 2. The molecule has 0 aliphatic carbocycles. The number of hydrazone groups is 1. The van der Waals surface area contributed by atoms with Crippen molar-refractivity contribution in [1.29, 1.82) is 0 Å². The van der Waals surface area contributed by atoms with Crippen molar-refractivity contribution >= 4 is 23.4 Å². The molecule has 0 bridgehead atoms. The third-order valence-corrected chi connectivity index (χ3v) is 4.51. The van der Waals surface area contributed by atoms with E-state index >= 15 is 0 Å². The molecular formula is C23H26N2O3. The largest absolute Gasteiger partial charge is 0.493 e. The molecule has 0 N–H and O–H groups in total. The minimum atomic E-state index is -0.139. The molecule has 0 radical (unpaired) electrons. The molecule has 3 rings (SSSR count). The fourth-order valence-corrected chi connectivity index (χ4v) is 2.89. The average molecular weight is 378 g/mol. The highest BCUT2D eigenvalue weighted by molar-refractivity contribution is 6.32. The van der Waals surface area contributed by atoms with Gasteiger partial charge < -0.3 is 9.47 Å². The van der Waals surface area contributed by atoms with Gasteiger partial charge in [0.15, 0.2) is 11.5 Å². The van der Waals surface area contributed by atoms with E-state index in [1.54, 1.807) is 7.11 Å². The second-order valence-corrected chi connectivity index (χ2v) is 7.14. The van der Waals surface area contributed by atoms with Crippen molar-refractivity contribution in [3.8, 4) is 11.5 Å². The lowest BCUT2D eigenvalue weighted by Crippen LogP contribution is -2.21. The Balaban J connectivity index is 1.81. The van der Waals surface area contributed by atoms with E-state index in [2.05, 4.69) is 18.9 Å². The summed E-state index contributed by atoms with van der Waals surface area (Å²) < 4.78 is 11.3. The summed E-state index contributed by atoms with van der Waals surface area (Å²) in [5, 5.41) is 5.84. The van der Waals surface area contributed by atoms with Gasteiger partial charge in [-0.3, -0.25) is 4.79 Å². The molecule has 2 aromatic carbocycles. The summed E-state index contributed by atoms with van der Waals surface area (Å²) >= 11 is 0. The van der Waals surface area contributed by atoms with Gasteiger partial charge in [-0.2, -0.15) is 10.1 Å². The van der Waals surface area contributed by atoms with Crippen molar-refractivity contribution in [3.63, 3.8) is 0 Å². The van der Waals surface area contributed by atoms with Gasteiger partial charge in [0.1, 0.15) is 0 Å². The first kappa shape index (κ1) is 19.7. The molecule has 2 aromatic rings. The van der Waals surface area contributed by atoms with Gasteiger partial charge in [-0.1, -0.05) is 38.1 Å². The quantitative estimate of drug-likeness (QED) is 0.642. The molecule has 146 valence electrons. The normalized spacial score (nSPS) is 15.3. The monoisotopic (exact) mass is 378 g/mol. The van der Waals surface area contributed by atoms with Crippen LogP contribution in [0.5, 0.6) is 11.5 Å². The summed E-state index contributed by atoms with van der Waals surface area (Å²) in [5.41, 5.74) is 2.87. The van der Waals surface area contributed by atoms with Crippen LogP contribution >= 0.6 is 0 Å². The lowest BCUT2D eigenvalue weighted by molar-refractivity contribution is -0.114. The van der Waals surface area contributed by atoms with Crippen molar-refractivity contribution in [1.82, 2.24) is 0 Å². The van der Waals surface area contributed by atoms with Crippen LogP contribution < -0.4 is 14.5 Å². The molecule has 1 heterocycles. The van der Waals surface area contributed by atoms with Crippen LogP contribution in [0.25, 0.3) is 6.08 Å². The molecule has 0 spiro atoms. The highest BCUT2D eigenvalue weighted by Crippen LogP contribution is 2.31. The van der Waals surface area contributed by atoms with Crippen molar-refractivity contribution in [3.05, 3.63) is 59.7 Å². The first-order valence-corrected chi connectivity index (χ1v) is 9.47. The van der Waals surface area contributed by atoms with Gasteiger partial charge in [-0.25, -0.2) is 0 Å². The van der Waals surface area contributed by atoms with Gasteiger partial charge in [0.25, 0.3) is 5.91 Å². The fraction of sp³-hybridized carbons (Fsp3) is 0.304. The van der Waals surface area contributed by atoms with Gasteiger partial charge in [-0.05, 0) is 55.2 Å². The third-order valence-electron chi connectivity index (χ3n) is 4.51.